The molecule has 0 spiro atoms. The van der Waals surface area contributed by atoms with E-state index in [4.69, 9.17) is 23.2 Å². The van der Waals surface area contributed by atoms with Gasteiger partial charge in [-0.1, -0.05) is 35.3 Å². The molecule has 2 rings (SSSR count). The molecule has 0 aromatic heterocycles. The Morgan fingerprint density at radius 2 is 2.19 bits per heavy atom. The van der Waals surface area contributed by atoms with Gasteiger partial charge in [0.25, 0.3) is 0 Å². The molecule has 2 N–H and O–H groups in total. The third-order valence-corrected chi connectivity index (χ3v) is 5.26. The van der Waals surface area contributed by atoms with E-state index in [1.807, 2.05) is 32.2 Å². The number of nitrogens with one attached hydrogen (secondary N) is 1. The van der Waals surface area contributed by atoms with E-state index in [-0.39, 0.29) is 12.1 Å². The highest BCUT2D eigenvalue weighted by Crippen LogP contribution is 2.31. The quantitative estimate of drug-likeness (QED) is 0.839. The van der Waals surface area contributed by atoms with Gasteiger partial charge < -0.3 is 15.3 Å². The molecule has 21 heavy (non-hydrogen) atoms. The van der Waals surface area contributed by atoms with Crippen molar-refractivity contribution >= 4 is 23.2 Å². The van der Waals surface area contributed by atoms with Gasteiger partial charge in [-0.25, -0.2) is 0 Å². The van der Waals surface area contributed by atoms with Crippen LogP contribution in [0.25, 0.3) is 0 Å². The summed E-state index contributed by atoms with van der Waals surface area (Å²) >= 11 is 12.4. The van der Waals surface area contributed by atoms with Crippen LogP contribution in [-0.4, -0.2) is 42.8 Å². The van der Waals surface area contributed by atoms with E-state index in [0.717, 1.165) is 38.0 Å². The molecule has 1 heterocycles. The zero-order valence-electron chi connectivity index (χ0n) is 12.6. The van der Waals surface area contributed by atoms with Crippen molar-refractivity contribution in [1.82, 2.24) is 10.2 Å². The van der Waals surface area contributed by atoms with Gasteiger partial charge in [-0.2, -0.15) is 0 Å². The fraction of sp³-hybridized carbons (Fsp3) is 0.625. The predicted molar refractivity (Wildman–Crippen MR) is 89.1 cm³/mol. The average Bonchev–Trinajstić information content (AvgIpc) is 2.93. The Morgan fingerprint density at radius 1 is 1.43 bits per heavy atom. The van der Waals surface area contributed by atoms with Crippen molar-refractivity contribution in [3.8, 4) is 0 Å². The number of nitrogens with zero attached hydrogens (tertiary/aromatic N) is 1. The van der Waals surface area contributed by atoms with E-state index in [1.165, 1.54) is 0 Å². The molecule has 3 nitrogen and oxygen atoms in total. The second-order valence-corrected chi connectivity index (χ2v) is 6.65. The minimum absolute atomic E-state index is 0.196. The summed E-state index contributed by atoms with van der Waals surface area (Å²) in [5, 5.41) is 14.2. The van der Waals surface area contributed by atoms with Gasteiger partial charge in [-0.3, -0.25) is 0 Å². The lowest BCUT2D eigenvalue weighted by Crippen LogP contribution is -2.28. The van der Waals surface area contributed by atoms with Crippen molar-refractivity contribution in [3.05, 3.63) is 33.8 Å². The van der Waals surface area contributed by atoms with E-state index in [9.17, 15) is 5.11 Å². The molecule has 0 aliphatic carbocycles. The minimum atomic E-state index is -0.211. The normalized spacial score (nSPS) is 22.4. The van der Waals surface area contributed by atoms with Gasteiger partial charge in [0.1, 0.15) is 0 Å². The molecule has 3 unspecified atom stereocenters. The first-order valence-electron chi connectivity index (χ1n) is 7.54. The average molecular weight is 331 g/mol. The highest BCUT2D eigenvalue weighted by Gasteiger charge is 2.26. The third-order valence-electron chi connectivity index (χ3n) is 4.43. The highest BCUT2D eigenvalue weighted by molar-refractivity contribution is 6.42. The lowest BCUT2D eigenvalue weighted by atomic mass is 10.0. The summed E-state index contributed by atoms with van der Waals surface area (Å²) in [7, 11) is 1.95. The van der Waals surface area contributed by atoms with Crippen LogP contribution in [0.5, 0.6) is 0 Å². The van der Waals surface area contributed by atoms with Crippen LogP contribution < -0.4 is 5.32 Å². The van der Waals surface area contributed by atoms with Crippen molar-refractivity contribution in [2.45, 2.75) is 31.9 Å². The maximum absolute atomic E-state index is 9.67. The van der Waals surface area contributed by atoms with Gasteiger partial charge in [0.05, 0.1) is 16.1 Å². The summed E-state index contributed by atoms with van der Waals surface area (Å²) < 4.78 is 0. The summed E-state index contributed by atoms with van der Waals surface area (Å²) in [6, 6.07) is 5.97. The van der Waals surface area contributed by atoms with E-state index >= 15 is 0 Å². The maximum atomic E-state index is 9.67. The fourth-order valence-electron chi connectivity index (χ4n) is 3.02. The number of benzene rings is 1. The minimum Gasteiger partial charge on any atom is -0.393 e. The first-order chi connectivity index (χ1) is 10.0. The molecule has 3 atom stereocenters. The molecule has 0 saturated carbocycles. The molecule has 0 amide bonds. The van der Waals surface area contributed by atoms with Crippen molar-refractivity contribution < 1.29 is 5.11 Å². The summed E-state index contributed by atoms with van der Waals surface area (Å²) in [6.07, 6.45) is 1.85. The van der Waals surface area contributed by atoms with Crippen LogP contribution in [0.15, 0.2) is 18.2 Å². The Balaban J connectivity index is 1.93. The second kappa shape index (κ2) is 7.80. The molecule has 0 radical (unpaired) electrons. The molecular weight excluding hydrogens is 307 g/mol. The first kappa shape index (κ1) is 17.0. The van der Waals surface area contributed by atoms with Crippen molar-refractivity contribution in [1.29, 1.82) is 0 Å². The second-order valence-electron chi connectivity index (χ2n) is 5.86. The van der Waals surface area contributed by atoms with Crippen molar-refractivity contribution in [2.24, 2.45) is 5.92 Å². The van der Waals surface area contributed by atoms with Crippen LogP contribution in [-0.2, 0) is 0 Å². The molecular formula is C16H24Cl2N2O. The first-order valence-corrected chi connectivity index (χ1v) is 8.30. The molecule has 1 fully saturated rings. The number of aliphatic hydroxyl groups is 1. The van der Waals surface area contributed by atoms with Crippen LogP contribution in [0, 0.1) is 5.92 Å². The number of hydrogen-bond acceptors (Lipinski definition) is 3. The highest BCUT2D eigenvalue weighted by atomic mass is 35.5. The van der Waals surface area contributed by atoms with E-state index < -0.39 is 0 Å². The molecule has 1 aliphatic heterocycles. The van der Waals surface area contributed by atoms with Gasteiger partial charge in [0.15, 0.2) is 0 Å². The SMILES string of the molecule is CNC(CCN1CCC(C(C)O)C1)c1cccc(Cl)c1Cl. The number of rotatable bonds is 6. The zero-order valence-corrected chi connectivity index (χ0v) is 14.2. The van der Waals surface area contributed by atoms with E-state index in [0.29, 0.717) is 16.0 Å². The standard InChI is InChI=1S/C16H24Cl2N2O/c1-11(21)12-6-8-20(10-12)9-7-15(19-2)13-4-3-5-14(17)16(13)18/h3-5,11-12,15,19,21H,6-10H2,1-2H3. The van der Waals surface area contributed by atoms with E-state index in [2.05, 4.69) is 10.2 Å². The van der Waals surface area contributed by atoms with Gasteiger partial charge in [-0.05, 0) is 57.5 Å². The van der Waals surface area contributed by atoms with Gasteiger partial charge >= 0.3 is 0 Å². The lowest BCUT2D eigenvalue weighted by molar-refractivity contribution is 0.127. The Hall–Kier alpha value is -0.320. The number of likely N-dealkylation sites (tertiary alicyclic amines) is 1. The summed E-state index contributed by atoms with van der Waals surface area (Å²) in [4.78, 5) is 2.42. The Morgan fingerprint density at radius 3 is 2.81 bits per heavy atom. The Kier molecular flexibility index (Phi) is 6.33. The molecule has 1 aromatic rings. The summed E-state index contributed by atoms with van der Waals surface area (Å²) in [5.41, 5.74) is 1.05. The molecule has 0 bridgehead atoms. The summed E-state index contributed by atoms with van der Waals surface area (Å²) in [6.45, 7) is 4.93. The number of hydrogen-bond donors (Lipinski definition) is 2. The third kappa shape index (κ3) is 4.33. The topological polar surface area (TPSA) is 35.5 Å². The largest absolute Gasteiger partial charge is 0.393 e. The molecule has 1 aliphatic rings. The van der Waals surface area contributed by atoms with E-state index in [1.54, 1.807) is 0 Å². The maximum Gasteiger partial charge on any atom is 0.0640 e. The van der Waals surface area contributed by atoms with Crippen molar-refractivity contribution in [2.75, 3.05) is 26.7 Å². The number of halogens is 2. The van der Waals surface area contributed by atoms with Gasteiger partial charge in [0.2, 0.25) is 0 Å². The Labute approximate surface area is 137 Å². The molecule has 1 aromatic carbocycles. The monoisotopic (exact) mass is 330 g/mol. The van der Waals surface area contributed by atoms with Crippen LogP contribution in [0.4, 0.5) is 0 Å². The Bertz CT molecular complexity index is 468. The van der Waals surface area contributed by atoms with Crippen LogP contribution >= 0.6 is 23.2 Å². The predicted octanol–water partition coefficient (Wildman–Crippen LogP) is 3.35. The smallest absolute Gasteiger partial charge is 0.0640 e. The van der Waals surface area contributed by atoms with Crippen LogP contribution in [0.1, 0.15) is 31.4 Å². The fourth-order valence-corrected chi connectivity index (χ4v) is 3.46. The molecule has 5 heteroatoms. The van der Waals surface area contributed by atoms with Gasteiger partial charge in [-0.15, -0.1) is 0 Å². The van der Waals surface area contributed by atoms with Crippen LogP contribution in [0.3, 0.4) is 0 Å². The van der Waals surface area contributed by atoms with Crippen LogP contribution in [0.2, 0.25) is 10.0 Å². The molecule has 1 saturated heterocycles. The zero-order chi connectivity index (χ0) is 15.4. The lowest BCUT2D eigenvalue weighted by Gasteiger charge is -2.23. The number of aliphatic hydroxyl groups excluding tert-OH is 1. The molecule has 118 valence electrons. The summed E-state index contributed by atoms with van der Waals surface area (Å²) in [5.74, 6) is 0.410. The van der Waals surface area contributed by atoms with Crippen molar-refractivity contribution in [3.63, 3.8) is 0 Å². The van der Waals surface area contributed by atoms with Gasteiger partial charge in [0, 0.05) is 12.6 Å².